The molecule has 6 heteroatoms. The smallest absolute Gasteiger partial charge is 0.222 e. The van der Waals surface area contributed by atoms with Gasteiger partial charge in [-0.3, -0.25) is 0 Å². The molecule has 0 aliphatic heterocycles. The van der Waals surface area contributed by atoms with Crippen LogP contribution in [0, 0.1) is 0 Å². The minimum Gasteiger partial charge on any atom is -0.368 e. The Bertz CT molecular complexity index is 304. The van der Waals surface area contributed by atoms with E-state index in [1.54, 1.807) is 0 Å². The van der Waals surface area contributed by atoms with Gasteiger partial charge in [0, 0.05) is 18.2 Å². The molecule has 3 N–H and O–H groups in total. The molecule has 0 amide bonds. The summed E-state index contributed by atoms with van der Waals surface area (Å²) in [6, 6.07) is 0.347. The zero-order chi connectivity index (χ0) is 10.7. The zero-order valence-electron chi connectivity index (χ0n) is 8.01. The van der Waals surface area contributed by atoms with E-state index in [2.05, 4.69) is 15.3 Å². The molecule has 14 heavy (non-hydrogen) atoms. The fourth-order valence-electron chi connectivity index (χ4n) is 0.898. The van der Waals surface area contributed by atoms with Crippen LogP contribution < -0.4 is 11.1 Å². The quantitative estimate of drug-likeness (QED) is 0.785. The number of aromatic nitrogens is 2. The van der Waals surface area contributed by atoms with Crippen molar-refractivity contribution in [1.29, 1.82) is 0 Å². The molecule has 0 saturated carbocycles. The van der Waals surface area contributed by atoms with Crippen LogP contribution in [0.2, 0.25) is 10.3 Å². The normalized spacial score (nSPS) is 10.9. The van der Waals surface area contributed by atoms with Crippen molar-refractivity contribution in [3.05, 3.63) is 15.9 Å². The van der Waals surface area contributed by atoms with E-state index in [1.807, 2.05) is 13.8 Å². The molecule has 0 aliphatic rings. The maximum atomic E-state index is 5.86. The Kier molecular flexibility index (Phi) is 3.92. The van der Waals surface area contributed by atoms with E-state index in [9.17, 15) is 0 Å². The van der Waals surface area contributed by atoms with E-state index in [1.165, 1.54) is 0 Å². The predicted molar refractivity (Wildman–Crippen MR) is 58.4 cm³/mol. The Morgan fingerprint density at radius 3 is 2.21 bits per heavy atom. The Morgan fingerprint density at radius 2 is 1.79 bits per heavy atom. The molecule has 1 rings (SSSR count). The third kappa shape index (κ3) is 2.97. The summed E-state index contributed by atoms with van der Waals surface area (Å²) >= 11 is 11.7. The molecule has 4 nitrogen and oxygen atoms in total. The molecule has 0 fully saturated rings. The molecule has 0 spiro atoms. The van der Waals surface area contributed by atoms with E-state index in [4.69, 9.17) is 28.9 Å². The Morgan fingerprint density at radius 1 is 1.29 bits per heavy atom. The van der Waals surface area contributed by atoms with E-state index in [0.29, 0.717) is 28.5 Å². The second-order valence-corrected chi connectivity index (χ2v) is 3.89. The topological polar surface area (TPSA) is 63.8 Å². The molecule has 78 valence electrons. The highest BCUT2D eigenvalue weighted by Gasteiger charge is 2.10. The molecule has 1 heterocycles. The summed E-state index contributed by atoms with van der Waals surface area (Å²) in [6.45, 7) is 4.59. The van der Waals surface area contributed by atoms with Gasteiger partial charge in [0.2, 0.25) is 5.95 Å². The second kappa shape index (κ2) is 4.77. The van der Waals surface area contributed by atoms with Crippen LogP contribution in [0.4, 0.5) is 5.95 Å². The van der Waals surface area contributed by atoms with Gasteiger partial charge in [-0.2, -0.15) is 0 Å². The van der Waals surface area contributed by atoms with Crippen LogP contribution in [0.25, 0.3) is 0 Å². The molecule has 0 bridgehead atoms. The van der Waals surface area contributed by atoms with Crippen molar-refractivity contribution in [2.45, 2.75) is 26.4 Å². The number of anilines is 1. The summed E-state index contributed by atoms with van der Waals surface area (Å²) in [5.41, 5.74) is 6.05. The molecule has 0 aromatic carbocycles. The lowest BCUT2D eigenvalue weighted by atomic mass is 10.3. The fourth-order valence-corrected chi connectivity index (χ4v) is 1.43. The van der Waals surface area contributed by atoms with Crippen LogP contribution in [0.5, 0.6) is 0 Å². The summed E-state index contributed by atoms with van der Waals surface area (Å²) in [7, 11) is 0. The highest BCUT2D eigenvalue weighted by atomic mass is 35.5. The van der Waals surface area contributed by atoms with Crippen molar-refractivity contribution >= 4 is 29.2 Å². The molecule has 0 unspecified atom stereocenters. The van der Waals surface area contributed by atoms with Crippen molar-refractivity contribution in [1.82, 2.24) is 15.3 Å². The highest BCUT2D eigenvalue weighted by Crippen LogP contribution is 2.21. The molecule has 0 radical (unpaired) electrons. The SMILES string of the molecule is CC(C)NCc1c(Cl)nc(N)nc1Cl. The van der Waals surface area contributed by atoms with Crippen LogP contribution in [0.1, 0.15) is 19.4 Å². The fraction of sp³-hybridized carbons (Fsp3) is 0.500. The average Bonchev–Trinajstić information content (AvgIpc) is 2.01. The molecule has 0 aliphatic carbocycles. The van der Waals surface area contributed by atoms with E-state index >= 15 is 0 Å². The largest absolute Gasteiger partial charge is 0.368 e. The first-order valence-corrected chi connectivity index (χ1v) is 4.97. The summed E-state index contributed by atoms with van der Waals surface area (Å²) < 4.78 is 0. The van der Waals surface area contributed by atoms with Crippen LogP contribution >= 0.6 is 23.2 Å². The molecular weight excluding hydrogens is 223 g/mol. The number of rotatable bonds is 3. The Labute approximate surface area is 92.8 Å². The third-order valence-corrected chi connectivity index (χ3v) is 2.24. The average molecular weight is 235 g/mol. The van der Waals surface area contributed by atoms with Crippen molar-refractivity contribution in [2.75, 3.05) is 5.73 Å². The number of nitrogens with two attached hydrogens (primary N) is 1. The minimum atomic E-state index is 0.0910. The first-order valence-electron chi connectivity index (χ1n) is 4.21. The minimum absolute atomic E-state index is 0.0910. The van der Waals surface area contributed by atoms with Crippen molar-refractivity contribution in [3.63, 3.8) is 0 Å². The molecular formula is C8H12Cl2N4. The van der Waals surface area contributed by atoms with Gasteiger partial charge < -0.3 is 11.1 Å². The van der Waals surface area contributed by atoms with Crippen LogP contribution in [0.3, 0.4) is 0 Å². The van der Waals surface area contributed by atoms with Crippen molar-refractivity contribution < 1.29 is 0 Å². The summed E-state index contributed by atoms with van der Waals surface area (Å²) in [4.78, 5) is 7.64. The molecule has 1 aromatic rings. The monoisotopic (exact) mass is 234 g/mol. The lowest BCUT2D eigenvalue weighted by Gasteiger charge is -2.10. The van der Waals surface area contributed by atoms with Crippen LogP contribution in [0.15, 0.2) is 0 Å². The van der Waals surface area contributed by atoms with Crippen LogP contribution in [-0.4, -0.2) is 16.0 Å². The summed E-state index contributed by atoms with van der Waals surface area (Å²) in [5.74, 6) is 0.0910. The third-order valence-electron chi connectivity index (χ3n) is 1.61. The number of hydrogen-bond acceptors (Lipinski definition) is 4. The van der Waals surface area contributed by atoms with Gasteiger partial charge in [0.1, 0.15) is 10.3 Å². The van der Waals surface area contributed by atoms with E-state index < -0.39 is 0 Å². The van der Waals surface area contributed by atoms with Gasteiger partial charge >= 0.3 is 0 Å². The number of nitrogens with one attached hydrogen (secondary N) is 1. The van der Waals surface area contributed by atoms with Gasteiger partial charge in [0.25, 0.3) is 0 Å². The summed E-state index contributed by atoms with van der Waals surface area (Å²) in [6.07, 6.45) is 0. The molecule has 0 saturated heterocycles. The second-order valence-electron chi connectivity index (χ2n) is 3.18. The Balaban J connectivity index is 2.86. The maximum absolute atomic E-state index is 5.86. The van der Waals surface area contributed by atoms with E-state index in [0.717, 1.165) is 0 Å². The lowest BCUT2D eigenvalue weighted by molar-refractivity contribution is 0.587. The standard InChI is InChI=1S/C8H12Cl2N4/c1-4(2)12-3-5-6(9)13-8(11)14-7(5)10/h4,12H,3H2,1-2H3,(H2,11,13,14). The number of halogens is 2. The van der Waals surface area contributed by atoms with Gasteiger partial charge in [-0.25, -0.2) is 9.97 Å². The molecule has 1 aromatic heterocycles. The lowest BCUT2D eigenvalue weighted by Crippen LogP contribution is -2.22. The molecule has 0 atom stereocenters. The van der Waals surface area contributed by atoms with Gasteiger partial charge in [-0.05, 0) is 0 Å². The first-order chi connectivity index (χ1) is 6.50. The number of hydrogen-bond donors (Lipinski definition) is 2. The van der Waals surface area contributed by atoms with Gasteiger partial charge in [0.05, 0.1) is 0 Å². The van der Waals surface area contributed by atoms with Crippen molar-refractivity contribution in [2.24, 2.45) is 0 Å². The predicted octanol–water partition coefficient (Wildman–Crippen LogP) is 1.86. The van der Waals surface area contributed by atoms with E-state index in [-0.39, 0.29) is 5.95 Å². The zero-order valence-corrected chi connectivity index (χ0v) is 9.52. The first kappa shape index (κ1) is 11.5. The maximum Gasteiger partial charge on any atom is 0.222 e. The van der Waals surface area contributed by atoms with Crippen LogP contribution in [-0.2, 0) is 6.54 Å². The number of nitrogen functional groups attached to an aromatic ring is 1. The number of nitrogens with zero attached hydrogens (tertiary/aromatic N) is 2. The highest BCUT2D eigenvalue weighted by molar-refractivity contribution is 6.34. The Hall–Kier alpha value is -0.580. The van der Waals surface area contributed by atoms with Gasteiger partial charge in [0.15, 0.2) is 0 Å². The van der Waals surface area contributed by atoms with Gasteiger partial charge in [-0.15, -0.1) is 0 Å². The summed E-state index contributed by atoms with van der Waals surface area (Å²) in [5, 5.41) is 3.78. The van der Waals surface area contributed by atoms with Crippen molar-refractivity contribution in [3.8, 4) is 0 Å². The van der Waals surface area contributed by atoms with Gasteiger partial charge in [-0.1, -0.05) is 37.0 Å².